The third-order valence-electron chi connectivity index (χ3n) is 6.74. The number of Topliss-reactive ketones (excluding diaryl/α,β-unsaturated/α-hetero) is 1. The number of carbonyl (C=O) groups is 3. The van der Waals surface area contributed by atoms with E-state index in [9.17, 15) is 14.4 Å². The van der Waals surface area contributed by atoms with Crippen LogP contribution in [0.1, 0.15) is 57.4 Å². The van der Waals surface area contributed by atoms with Crippen LogP contribution in [0.3, 0.4) is 0 Å². The molecule has 1 fully saturated rings. The van der Waals surface area contributed by atoms with Crippen LogP contribution in [0.2, 0.25) is 5.02 Å². The number of benzene rings is 1. The van der Waals surface area contributed by atoms with Gasteiger partial charge in [0.05, 0.1) is 12.7 Å². The van der Waals surface area contributed by atoms with Crippen LogP contribution in [0.5, 0.6) is 0 Å². The van der Waals surface area contributed by atoms with Crippen molar-refractivity contribution in [1.82, 2.24) is 5.32 Å². The number of allylic oxidation sites excluding steroid dienone is 3. The molecule has 1 heterocycles. The van der Waals surface area contributed by atoms with Crippen LogP contribution in [0.25, 0.3) is 0 Å². The molecule has 0 amide bonds. The normalized spacial score (nSPS) is 26.0. The van der Waals surface area contributed by atoms with Crippen molar-refractivity contribution in [1.29, 1.82) is 0 Å². The molecule has 4 rings (SSSR count). The summed E-state index contributed by atoms with van der Waals surface area (Å²) in [6, 6.07) is 7.11. The van der Waals surface area contributed by atoms with Crippen molar-refractivity contribution in [2.24, 2.45) is 11.8 Å². The summed E-state index contributed by atoms with van der Waals surface area (Å²) in [5, 5.41) is 3.84. The predicted molar refractivity (Wildman–Crippen MR) is 120 cm³/mol. The number of nitrogens with one attached hydrogen (secondary N) is 1. The number of esters is 2. The highest BCUT2D eigenvalue weighted by Crippen LogP contribution is 2.45. The highest BCUT2D eigenvalue weighted by atomic mass is 35.5. The second-order valence-electron chi connectivity index (χ2n) is 8.90. The third kappa shape index (κ3) is 4.08. The Balaban J connectivity index is 1.79. The van der Waals surface area contributed by atoms with Gasteiger partial charge in [-0.15, -0.1) is 0 Å². The van der Waals surface area contributed by atoms with E-state index in [1.165, 1.54) is 7.11 Å². The van der Waals surface area contributed by atoms with Gasteiger partial charge >= 0.3 is 11.9 Å². The molecule has 1 aromatic rings. The summed E-state index contributed by atoms with van der Waals surface area (Å²) >= 11 is 6.10. The highest BCUT2D eigenvalue weighted by Gasteiger charge is 2.47. The molecule has 0 radical (unpaired) electrons. The fourth-order valence-corrected chi connectivity index (χ4v) is 5.29. The van der Waals surface area contributed by atoms with Gasteiger partial charge in [0.15, 0.2) is 5.78 Å². The van der Waals surface area contributed by atoms with Crippen LogP contribution < -0.4 is 5.32 Å². The Labute approximate surface area is 193 Å². The summed E-state index contributed by atoms with van der Waals surface area (Å²) in [4.78, 5) is 39.5. The Morgan fingerprint density at radius 1 is 1.12 bits per heavy atom. The number of ketones is 1. The molecule has 0 spiro atoms. The minimum atomic E-state index is -0.902. The molecule has 1 saturated carbocycles. The van der Waals surface area contributed by atoms with Crippen LogP contribution in [0.15, 0.2) is 46.8 Å². The van der Waals surface area contributed by atoms with Gasteiger partial charge in [-0.3, -0.25) is 9.59 Å². The van der Waals surface area contributed by atoms with E-state index >= 15 is 0 Å². The molecule has 32 heavy (non-hydrogen) atoms. The van der Waals surface area contributed by atoms with E-state index in [-0.39, 0.29) is 17.8 Å². The van der Waals surface area contributed by atoms with Crippen LogP contribution >= 0.6 is 11.6 Å². The van der Waals surface area contributed by atoms with E-state index in [4.69, 9.17) is 21.1 Å². The second-order valence-corrected chi connectivity index (χ2v) is 9.34. The van der Waals surface area contributed by atoms with Gasteiger partial charge in [0, 0.05) is 27.9 Å². The quantitative estimate of drug-likeness (QED) is 0.531. The summed E-state index contributed by atoms with van der Waals surface area (Å²) in [7, 11) is 1.29. The maximum absolute atomic E-state index is 13.6. The maximum atomic E-state index is 13.6. The molecule has 0 unspecified atom stereocenters. The molecule has 7 heteroatoms. The van der Waals surface area contributed by atoms with Gasteiger partial charge in [-0.2, -0.15) is 0 Å². The zero-order valence-corrected chi connectivity index (χ0v) is 19.3. The van der Waals surface area contributed by atoms with Gasteiger partial charge in [0.25, 0.3) is 0 Å². The van der Waals surface area contributed by atoms with Crippen LogP contribution in [0.4, 0.5) is 0 Å². The van der Waals surface area contributed by atoms with E-state index in [2.05, 4.69) is 5.32 Å². The smallest absolute Gasteiger partial charge is 0.337 e. The molecular weight excluding hydrogens is 430 g/mol. The summed E-state index contributed by atoms with van der Waals surface area (Å²) in [6.07, 6.45) is 4.20. The minimum Gasteiger partial charge on any atom is -0.468 e. The average Bonchev–Trinajstić information content (AvgIpc) is 3.26. The Morgan fingerprint density at radius 2 is 1.78 bits per heavy atom. The molecule has 1 aromatic carbocycles. The first kappa shape index (κ1) is 22.6. The zero-order chi connectivity index (χ0) is 23.0. The summed E-state index contributed by atoms with van der Waals surface area (Å²) in [5.74, 6) is -3.03. The first-order valence-corrected chi connectivity index (χ1v) is 11.5. The lowest BCUT2D eigenvalue weighted by atomic mass is 9.69. The molecule has 2 aliphatic carbocycles. The van der Waals surface area contributed by atoms with E-state index in [0.29, 0.717) is 28.3 Å². The predicted octanol–water partition coefficient (Wildman–Crippen LogP) is 4.44. The Morgan fingerprint density at radius 3 is 2.41 bits per heavy atom. The van der Waals surface area contributed by atoms with E-state index in [1.54, 1.807) is 12.1 Å². The standard InChI is InChI=1S/C25H28ClNO5/c1-13-12-18-22(23(28)19(13)24(29)31-3)21(15-8-10-16(26)11-9-15)20(14(2)27-18)25(30)32-17-6-4-5-7-17/h8-11,13,17,19,21,27H,4-7,12H2,1-3H3/t13-,19-,21-/m0/s1. The SMILES string of the molecule is COC(=O)[C@@H]1C(=O)C2=C(C[C@@H]1C)NC(C)=C(C(=O)OC1CCCC1)[C@@H]2c1ccc(Cl)cc1. The largest absolute Gasteiger partial charge is 0.468 e. The number of rotatable bonds is 4. The molecule has 1 N–H and O–H groups in total. The van der Waals surface area contributed by atoms with Crippen molar-refractivity contribution in [3.63, 3.8) is 0 Å². The van der Waals surface area contributed by atoms with Gasteiger partial charge in [-0.05, 0) is 62.6 Å². The number of hydrogen-bond donors (Lipinski definition) is 1. The van der Waals surface area contributed by atoms with Crippen LogP contribution in [-0.4, -0.2) is 30.9 Å². The maximum Gasteiger partial charge on any atom is 0.337 e. The molecule has 3 atom stereocenters. The Hall–Kier alpha value is -2.60. The molecular formula is C25H28ClNO5. The van der Waals surface area contributed by atoms with E-state index in [1.807, 2.05) is 26.0 Å². The number of carbonyl (C=O) groups excluding carboxylic acids is 3. The second kappa shape index (κ2) is 9.10. The average molecular weight is 458 g/mol. The van der Waals surface area contributed by atoms with E-state index in [0.717, 1.165) is 36.9 Å². The first-order chi connectivity index (χ1) is 15.3. The number of halogens is 1. The summed E-state index contributed by atoms with van der Waals surface area (Å²) in [6.45, 7) is 3.70. The van der Waals surface area contributed by atoms with Gasteiger partial charge in [0.2, 0.25) is 0 Å². The molecule has 0 aromatic heterocycles. The van der Waals surface area contributed by atoms with Crippen molar-refractivity contribution in [2.75, 3.05) is 7.11 Å². The number of ether oxygens (including phenoxy) is 2. The minimum absolute atomic E-state index is 0.103. The summed E-state index contributed by atoms with van der Waals surface area (Å²) in [5.41, 5.74) is 3.02. The summed E-state index contributed by atoms with van der Waals surface area (Å²) < 4.78 is 10.8. The van der Waals surface area contributed by atoms with Gasteiger partial charge in [-0.1, -0.05) is 30.7 Å². The van der Waals surface area contributed by atoms with E-state index < -0.39 is 23.8 Å². The molecule has 1 aliphatic heterocycles. The lowest BCUT2D eigenvalue weighted by Gasteiger charge is -2.38. The monoisotopic (exact) mass is 457 g/mol. The number of hydrogen-bond acceptors (Lipinski definition) is 6. The third-order valence-corrected chi connectivity index (χ3v) is 6.99. The van der Waals surface area contributed by atoms with Crippen molar-refractivity contribution in [3.05, 3.63) is 57.4 Å². The highest BCUT2D eigenvalue weighted by molar-refractivity contribution is 6.30. The van der Waals surface area contributed by atoms with Crippen molar-refractivity contribution < 1.29 is 23.9 Å². The fraction of sp³-hybridized carbons (Fsp3) is 0.480. The van der Waals surface area contributed by atoms with Crippen LogP contribution in [-0.2, 0) is 23.9 Å². The van der Waals surface area contributed by atoms with Crippen molar-refractivity contribution in [3.8, 4) is 0 Å². The van der Waals surface area contributed by atoms with Crippen molar-refractivity contribution in [2.45, 2.75) is 58.0 Å². The number of methoxy groups -OCH3 is 1. The Bertz CT molecular complexity index is 1000. The van der Waals surface area contributed by atoms with Gasteiger partial charge < -0.3 is 14.8 Å². The lowest BCUT2D eigenvalue weighted by Crippen LogP contribution is -2.43. The lowest BCUT2D eigenvalue weighted by molar-refractivity contribution is -0.151. The molecule has 0 bridgehead atoms. The first-order valence-electron chi connectivity index (χ1n) is 11.1. The van der Waals surface area contributed by atoms with Gasteiger partial charge in [-0.25, -0.2) is 4.79 Å². The number of dihydropyridines is 1. The molecule has 170 valence electrons. The van der Waals surface area contributed by atoms with Crippen LogP contribution in [0, 0.1) is 11.8 Å². The molecule has 6 nitrogen and oxygen atoms in total. The van der Waals surface area contributed by atoms with Crippen molar-refractivity contribution >= 4 is 29.3 Å². The fourth-order valence-electron chi connectivity index (χ4n) is 5.16. The molecule has 0 saturated heterocycles. The van der Waals surface area contributed by atoms with Gasteiger partial charge in [0.1, 0.15) is 12.0 Å². The topological polar surface area (TPSA) is 81.7 Å². The molecule has 3 aliphatic rings. The zero-order valence-electron chi connectivity index (χ0n) is 18.6. The Kier molecular flexibility index (Phi) is 6.42.